The van der Waals surface area contributed by atoms with Crippen LogP contribution in [0, 0.1) is 18.8 Å². The van der Waals surface area contributed by atoms with Crippen molar-refractivity contribution in [3.8, 4) is 11.5 Å². The third-order valence-corrected chi connectivity index (χ3v) is 8.29. The van der Waals surface area contributed by atoms with E-state index in [2.05, 4.69) is 10.8 Å². The maximum atomic E-state index is 13.5. The van der Waals surface area contributed by atoms with E-state index < -0.39 is 10.0 Å². The van der Waals surface area contributed by atoms with Crippen LogP contribution in [0.15, 0.2) is 88.9 Å². The molecule has 8 nitrogen and oxygen atoms in total. The Balaban J connectivity index is 1.47. The molecule has 0 unspecified atom stereocenters. The Bertz CT molecular complexity index is 1510. The van der Waals surface area contributed by atoms with Crippen molar-refractivity contribution in [1.29, 1.82) is 0 Å². The number of amides is 1. The van der Waals surface area contributed by atoms with E-state index in [9.17, 15) is 13.2 Å². The summed E-state index contributed by atoms with van der Waals surface area (Å²) in [4.78, 5) is 13.7. The van der Waals surface area contributed by atoms with Crippen LogP contribution in [0.2, 0.25) is 0 Å². The molecule has 3 aromatic carbocycles. The van der Waals surface area contributed by atoms with Gasteiger partial charge in [0.15, 0.2) is 11.5 Å². The van der Waals surface area contributed by atoms with Crippen molar-refractivity contribution in [2.75, 3.05) is 24.0 Å². The first-order valence-electron chi connectivity index (χ1n) is 12.3. The average molecular weight is 532 g/mol. The lowest BCUT2D eigenvalue weighted by Crippen LogP contribution is -2.45. The number of aryl methyl sites for hydroxylation is 1. The fourth-order valence-electron chi connectivity index (χ4n) is 4.83. The summed E-state index contributed by atoms with van der Waals surface area (Å²) >= 11 is 0. The lowest BCUT2D eigenvalue weighted by molar-refractivity contribution is -0.123. The highest BCUT2D eigenvalue weighted by Gasteiger charge is 2.40. The molecular formula is C29H29N3O5S. The number of carbonyl (C=O) groups is 1. The van der Waals surface area contributed by atoms with Crippen LogP contribution in [-0.4, -0.2) is 34.3 Å². The molecule has 196 valence electrons. The number of allylic oxidation sites excluding steroid dienone is 2. The molecule has 1 amide bonds. The number of ether oxygens (including phenoxy) is 2. The van der Waals surface area contributed by atoms with Crippen LogP contribution in [-0.2, 0) is 14.8 Å². The van der Waals surface area contributed by atoms with Crippen LogP contribution >= 0.6 is 0 Å². The second kappa shape index (κ2) is 10.3. The fraction of sp³-hybridized carbons (Fsp3) is 0.241. The number of fused-ring (bicyclic) bond motifs is 1. The largest absolute Gasteiger partial charge is 0.493 e. The quantitative estimate of drug-likeness (QED) is 0.426. The van der Waals surface area contributed by atoms with E-state index in [1.165, 1.54) is 5.01 Å². The standard InChI is InChI=1S/C29H29N3O5S/c1-19-8-15-23(16-9-19)38(34,35)31-21-11-13-22(14-12-21)32-29(33)25-7-5-4-6-24(25)28(30-32)20-10-17-26(36-2)27(18-20)37-3/h4-5,8-18,24-25,31H,6-7H2,1-3H3/t24-,25+/m0/s1. The predicted molar refractivity (Wildman–Crippen MR) is 147 cm³/mol. The summed E-state index contributed by atoms with van der Waals surface area (Å²) in [7, 11) is -0.569. The zero-order chi connectivity index (χ0) is 26.9. The molecule has 0 saturated carbocycles. The van der Waals surface area contributed by atoms with Crippen molar-refractivity contribution in [2.24, 2.45) is 16.9 Å². The smallest absolute Gasteiger partial charge is 0.261 e. The average Bonchev–Trinajstić information content (AvgIpc) is 2.93. The molecule has 1 aliphatic carbocycles. The molecule has 5 rings (SSSR count). The highest BCUT2D eigenvalue weighted by Crippen LogP contribution is 2.38. The van der Waals surface area contributed by atoms with Gasteiger partial charge >= 0.3 is 0 Å². The first kappa shape index (κ1) is 25.5. The number of hydrogen-bond acceptors (Lipinski definition) is 6. The number of carbonyl (C=O) groups excluding carboxylic acids is 1. The summed E-state index contributed by atoms with van der Waals surface area (Å²) in [5.74, 6) is 0.813. The minimum atomic E-state index is -3.74. The minimum absolute atomic E-state index is 0.0533. The zero-order valence-electron chi connectivity index (χ0n) is 21.4. The van der Waals surface area contributed by atoms with Crippen LogP contribution < -0.4 is 19.2 Å². The van der Waals surface area contributed by atoms with Gasteiger partial charge in [-0.2, -0.15) is 5.10 Å². The van der Waals surface area contributed by atoms with Gasteiger partial charge in [-0.05, 0) is 74.4 Å². The van der Waals surface area contributed by atoms with Gasteiger partial charge in [0.25, 0.3) is 15.9 Å². The molecule has 9 heteroatoms. The van der Waals surface area contributed by atoms with E-state index >= 15 is 0 Å². The molecule has 0 bridgehead atoms. The SMILES string of the molecule is COc1ccc(C2=NN(c3ccc(NS(=O)(=O)c4ccc(C)cc4)cc3)C(=O)[C@@H]3CC=CC[C@H]23)cc1OC. The van der Waals surface area contributed by atoms with Crippen molar-refractivity contribution in [1.82, 2.24) is 0 Å². The predicted octanol–water partition coefficient (Wildman–Crippen LogP) is 5.15. The highest BCUT2D eigenvalue weighted by atomic mass is 32.2. The monoisotopic (exact) mass is 531 g/mol. The van der Waals surface area contributed by atoms with Gasteiger partial charge in [0.05, 0.1) is 36.4 Å². The molecule has 0 saturated heterocycles. The molecule has 0 radical (unpaired) electrons. The third-order valence-electron chi connectivity index (χ3n) is 6.89. The number of hydrazone groups is 1. The van der Waals surface area contributed by atoms with E-state index in [1.807, 2.05) is 31.2 Å². The number of methoxy groups -OCH3 is 2. The molecule has 2 aliphatic rings. The summed E-state index contributed by atoms with van der Waals surface area (Å²) < 4.78 is 39.0. The number of rotatable bonds is 7. The zero-order valence-corrected chi connectivity index (χ0v) is 22.2. The molecule has 2 atom stereocenters. The topological polar surface area (TPSA) is 97.3 Å². The van der Waals surface area contributed by atoms with Crippen molar-refractivity contribution in [2.45, 2.75) is 24.7 Å². The second-order valence-electron chi connectivity index (χ2n) is 9.33. The lowest BCUT2D eigenvalue weighted by atomic mass is 9.76. The Hall–Kier alpha value is -4.11. The summed E-state index contributed by atoms with van der Waals surface area (Å²) in [6.45, 7) is 1.90. The van der Waals surface area contributed by atoms with Crippen LogP contribution in [0.1, 0.15) is 24.0 Å². The van der Waals surface area contributed by atoms with Gasteiger partial charge in [-0.25, -0.2) is 13.4 Å². The summed E-state index contributed by atoms with van der Waals surface area (Å²) in [5, 5.41) is 6.23. The molecule has 38 heavy (non-hydrogen) atoms. The van der Waals surface area contributed by atoms with Gasteiger partial charge in [-0.3, -0.25) is 9.52 Å². The summed E-state index contributed by atoms with van der Waals surface area (Å²) in [6.07, 6.45) is 5.48. The van der Waals surface area contributed by atoms with Crippen LogP contribution in [0.4, 0.5) is 11.4 Å². The first-order valence-corrected chi connectivity index (χ1v) is 13.8. The number of nitrogens with zero attached hydrogens (tertiary/aromatic N) is 2. The Morgan fingerprint density at radius 3 is 2.18 bits per heavy atom. The van der Waals surface area contributed by atoms with Gasteiger partial charge in [0, 0.05) is 17.2 Å². The molecular weight excluding hydrogens is 502 g/mol. The number of benzene rings is 3. The molecule has 1 aliphatic heterocycles. The van der Waals surface area contributed by atoms with Gasteiger partial charge in [0.1, 0.15) is 0 Å². The summed E-state index contributed by atoms with van der Waals surface area (Å²) in [5.41, 5.74) is 3.57. The Kier molecular flexibility index (Phi) is 6.94. The highest BCUT2D eigenvalue weighted by molar-refractivity contribution is 7.92. The van der Waals surface area contributed by atoms with Crippen molar-refractivity contribution < 1.29 is 22.7 Å². The Morgan fingerprint density at radius 1 is 0.868 bits per heavy atom. The van der Waals surface area contributed by atoms with Crippen molar-refractivity contribution >= 4 is 33.0 Å². The molecule has 1 heterocycles. The normalized spacial score (nSPS) is 19.0. The number of hydrogen-bond donors (Lipinski definition) is 1. The third kappa shape index (κ3) is 4.89. The van der Waals surface area contributed by atoms with E-state index in [1.54, 1.807) is 62.8 Å². The molecule has 3 aromatic rings. The van der Waals surface area contributed by atoms with E-state index in [0.717, 1.165) is 23.3 Å². The maximum absolute atomic E-state index is 13.5. The van der Waals surface area contributed by atoms with Crippen LogP contribution in [0.3, 0.4) is 0 Å². The molecule has 0 aromatic heterocycles. The van der Waals surface area contributed by atoms with E-state index in [-0.39, 0.29) is 22.6 Å². The minimum Gasteiger partial charge on any atom is -0.493 e. The molecule has 0 spiro atoms. The summed E-state index contributed by atoms with van der Waals surface area (Å²) in [6, 6.07) is 18.9. The second-order valence-corrected chi connectivity index (χ2v) is 11.0. The first-order chi connectivity index (χ1) is 18.3. The molecule has 1 N–H and O–H groups in total. The Morgan fingerprint density at radius 2 is 1.53 bits per heavy atom. The maximum Gasteiger partial charge on any atom is 0.261 e. The van der Waals surface area contributed by atoms with Crippen LogP contribution in [0.25, 0.3) is 0 Å². The van der Waals surface area contributed by atoms with E-state index in [4.69, 9.17) is 14.6 Å². The number of nitrogens with one attached hydrogen (secondary N) is 1. The van der Waals surface area contributed by atoms with Gasteiger partial charge in [0.2, 0.25) is 0 Å². The number of sulfonamides is 1. The lowest BCUT2D eigenvalue weighted by Gasteiger charge is -2.37. The number of anilines is 2. The Labute approximate surface area is 222 Å². The van der Waals surface area contributed by atoms with Gasteiger partial charge in [-0.1, -0.05) is 29.8 Å². The van der Waals surface area contributed by atoms with Crippen LogP contribution in [0.5, 0.6) is 11.5 Å². The van der Waals surface area contributed by atoms with Gasteiger partial charge < -0.3 is 9.47 Å². The van der Waals surface area contributed by atoms with Gasteiger partial charge in [-0.15, -0.1) is 0 Å². The van der Waals surface area contributed by atoms with Crippen molar-refractivity contribution in [3.63, 3.8) is 0 Å². The molecule has 0 fully saturated rings. The van der Waals surface area contributed by atoms with E-state index in [0.29, 0.717) is 29.3 Å². The van der Waals surface area contributed by atoms with Crippen molar-refractivity contribution in [3.05, 3.63) is 90.0 Å². The fourth-order valence-corrected chi connectivity index (χ4v) is 5.89.